The molecule has 0 aliphatic rings. The van der Waals surface area contributed by atoms with Gasteiger partial charge in [-0.15, -0.1) is 11.3 Å². The summed E-state index contributed by atoms with van der Waals surface area (Å²) in [5, 5.41) is 2.21. The Labute approximate surface area is 92.8 Å². The van der Waals surface area contributed by atoms with Gasteiger partial charge in [0.1, 0.15) is 0 Å². The van der Waals surface area contributed by atoms with E-state index in [0.717, 1.165) is 12.8 Å². The van der Waals surface area contributed by atoms with Gasteiger partial charge in [-0.3, -0.25) is 0 Å². The maximum Gasteiger partial charge on any atom is 0.339 e. The summed E-state index contributed by atoms with van der Waals surface area (Å²) in [5.41, 5.74) is 6.60. The number of hydrogen-bond donors (Lipinski definition) is 1. The number of carbonyl (C=O) groups excluding carboxylic acids is 1. The van der Waals surface area contributed by atoms with E-state index in [4.69, 9.17) is 5.73 Å². The number of esters is 1. The molecule has 0 saturated heterocycles. The van der Waals surface area contributed by atoms with E-state index in [2.05, 4.69) is 9.72 Å². The Morgan fingerprint density at radius 2 is 2.47 bits per heavy atom. The van der Waals surface area contributed by atoms with Crippen molar-refractivity contribution in [3.05, 3.63) is 17.2 Å². The molecule has 1 rings (SSSR count). The monoisotopic (exact) mass is 226 g/mol. The summed E-state index contributed by atoms with van der Waals surface area (Å²) in [5.74, 6) is -0.367. The fourth-order valence-corrected chi connectivity index (χ4v) is 1.67. The number of carbonyl (C=O) groups is 1. The van der Waals surface area contributed by atoms with Crippen LogP contribution in [-0.2, 0) is 9.53 Å². The minimum absolute atomic E-state index is 0.367. The van der Waals surface area contributed by atoms with Gasteiger partial charge in [0.05, 0.1) is 18.4 Å². The zero-order chi connectivity index (χ0) is 11.3. The molecular weight excluding hydrogens is 212 g/mol. The average molecular weight is 226 g/mol. The van der Waals surface area contributed by atoms with Crippen LogP contribution in [0.2, 0.25) is 0 Å². The molecule has 0 aliphatic heterocycles. The van der Waals surface area contributed by atoms with E-state index in [9.17, 15) is 4.79 Å². The summed E-state index contributed by atoms with van der Waals surface area (Å²) in [7, 11) is 1.36. The highest BCUT2D eigenvalue weighted by Crippen LogP contribution is 2.21. The van der Waals surface area contributed by atoms with Gasteiger partial charge in [-0.25, -0.2) is 9.78 Å². The van der Waals surface area contributed by atoms with Gasteiger partial charge >= 0.3 is 5.97 Å². The van der Waals surface area contributed by atoms with Gasteiger partial charge in [-0.05, 0) is 6.42 Å². The third kappa shape index (κ3) is 3.06. The molecule has 0 radical (unpaired) electrons. The molecule has 0 unspecified atom stereocenters. The summed E-state index contributed by atoms with van der Waals surface area (Å²) >= 11 is 1.31. The summed E-state index contributed by atoms with van der Waals surface area (Å²) in [6.07, 6.45) is 3.63. The molecule has 15 heavy (non-hydrogen) atoms. The first-order chi connectivity index (χ1) is 7.19. The smallest absolute Gasteiger partial charge is 0.339 e. The first-order valence-corrected chi connectivity index (χ1v) is 5.56. The van der Waals surface area contributed by atoms with Crippen LogP contribution in [0.25, 0.3) is 5.57 Å². The number of nitrogen functional groups attached to an aromatic ring is 1. The third-order valence-corrected chi connectivity index (χ3v) is 2.51. The van der Waals surface area contributed by atoms with Crippen LogP contribution < -0.4 is 5.73 Å². The second kappa shape index (κ2) is 5.50. The Bertz CT molecular complexity index is 371. The van der Waals surface area contributed by atoms with E-state index in [1.54, 1.807) is 5.38 Å². The molecule has 0 spiro atoms. The molecule has 0 amide bonds. The number of thiazole rings is 1. The minimum atomic E-state index is -0.367. The number of aromatic nitrogens is 1. The number of rotatable bonds is 4. The Kier molecular flexibility index (Phi) is 4.30. The zero-order valence-electron chi connectivity index (χ0n) is 8.82. The van der Waals surface area contributed by atoms with E-state index < -0.39 is 0 Å². The Hall–Kier alpha value is -1.36. The second-order valence-electron chi connectivity index (χ2n) is 2.97. The normalized spacial score (nSPS) is 11.5. The predicted molar refractivity (Wildman–Crippen MR) is 61.4 cm³/mol. The highest BCUT2D eigenvalue weighted by molar-refractivity contribution is 7.13. The Morgan fingerprint density at radius 3 is 2.93 bits per heavy atom. The number of hydrogen-bond acceptors (Lipinski definition) is 5. The number of nitrogens with zero attached hydrogens (tertiary/aromatic N) is 1. The SMILES string of the molecule is CCC/C=C(\C(=O)OC)c1csc(N)n1. The van der Waals surface area contributed by atoms with Crippen LogP contribution in [-0.4, -0.2) is 18.1 Å². The van der Waals surface area contributed by atoms with Gasteiger partial charge < -0.3 is 10.5 Å². The molecule has 1 aromatic rings. The Balaban J connectivity index is 2.95. The maximum atomic E-state index is 11.5. The van der Waals surface area contributed by atoms with E-state index in [1.165, 1.54) is 18.4 Å². The predicted octanol–water partition coefficient (Wildman–Crippen LogP) is 2.08. The number of unbranched alkanes of at least 4 members (excludes halogenated alkanes) is 1. The van der Waals surface area contributed by atoms with Crippen molar-refractivity contribution in [3.63, 3.8) is 0 Å². The van der Waals surface area contributed by atoms with Crippen LogP contribution >= 0.6 is 11.3 Å². The molecule has 5 heteroatoms. The largest absolute Gasteiger partial charge is 0.465 e. The standard InChI is InChI=1S/C10H14N2O2S/c1-3-4-5-7(9(13)14-2)8-6-15-10(11)12-8/h5-6H,3-4H2,1-2H3,(H2,11,12)/b7-5-. The van der Waals surface area contributed by atoms with Gasteiger partial charge in [0.2, 0.25) is 0 Å². The number of methoxy groups -OCH3 is 1. The van der Waals surface area contributed by atoms with Gasteiger partial charge in [0.15, 0.2) is 5.13 Å². The minimum Gasteiger partial charge on any atom is -0.465 e. The van der Waals surface area contributed by atoms with Crippen molar-refractivity contribution in [2.75, 3.05) is 12.8 Å². The number of anilines is 1. The van der Waals surface area contributed by atoms with Crippen LogP contribution in [0.15, 0.2) is 11.5 Å². The molecule has 2 N–H and O–H groups in total. The van der Waals surface area contributed by atoms with Crippen molar-refractivity contribution in [1.29, 1.82) is 0 Å². The molecule has 1 aromatic heterocycles. The van der Waals surface area contributed by atoms with E-state index in [1.807, 2.05) is 13.0 Å². The summed E-state index contributed by atoms with van der Waals surface area (Å²) in [6, 6.07) is 0. The molecule has 0 bridgehead atoms. The third-order valence-electron chi connectivity index (χ3n) is 1.84. The summed E-state index contributed by atoms with van der Waals surface area (Å²) < 4.78 is 4.69. The van der Waals surface area contributed by atoms with Crippen molar-refractivity contribution in [2.24, 2.45) is 0 Å². The van der Waals surface area contributed by atoms with Gasteiger partial charge in [0, 0.05) is 5.38 Å². The molecule has 4 nitrogen and oxygen atoms in total. The van der Waals surface area contributed by atoms with Crippen LogP contribution in [0.4, 0.5) is 5.13 Å². The average Bonchev–Trinajstić information content (AvgIpc) is 2.65. The fourth-order valence-electron chi connectivity index (χ4n) is 1.10. The van der Waals surface area contributed by atoms with Gasteiger partial charge in [0.25, 0.3) is 0 Å². The van der Waals surface area contributed by atoms with Crippen molar-refractivity contribution in [1.82, 2.24) is 4.98 Å². The molecule has 0 aliphatic carbocycles. The topological polar surface area (TPSA) is 65.2 Å². The van der Waals surface area contributed by atoms with Crippen LogP contribution in [0.5, 0.6) is 0 Å². The van der Waals surface area contributed by atoms with Crippen molar-refractivity contribution < 1.29 is 9.53 Å². The number of ether oxygens (including phenoxy) is 1. The molecule has 0 fully saturated rings. The lowest BCUT2D eigenvalue weighted by molar-refractivity contribution is -0.133. The van der Waals surface area contributed by atoms with Gasteiger partial charge in [-0.2, -0.15) is 0 Å². The molecule has 1 heterocycles. The van der Waals surface area contributed by atoms with Crippen LogP contribution in [0, 0.1) is 0 Å². The molecular formula is C10H14N2O2S. The van der Waals surface area contributed by atoms with E-state index in [-0.39, 0.29) is 5.97 Å². The van der Waals surface area contributed by atoms with Gasteiger partial charge in [-0.1, -0.05) is 19.4 Å². The molecule has 0 saturated carbocycles. The molecule has 0 aromatic carbocycles. The Morgan fingerprint density at radius 1 is 1.73 bits per heavy atom. The van der Waals surface area contributed by atoms with Crippen molar-refractivity contribution >= 4 is 28.0 Å². The van der Waals surface area contributed by atoms with Crippen molar-refractivity contribution in [3.8, 4) is 0 Å². The highest BCUT2D eigenvalue weighted by atomic mass is 32.1. The van der Waals surface area contributed by atoms with Crippen LogP contribution in [0.3, 0.4) is 0 Å². The summed E-state index contributed by atoms with van der Waals surface area (Å²) in [4.78, 5) is 15.5. The molecule has 0 atom stereocenters. The lowest BCUT2D eigenvalue weighted by atomic mass is 10.1. The number of allylic oxidation sites excluding steroid dienone is 1. The lowest BCUT2D eigenvalue weighted by Gasteiger charge is -2.01. The summed E-state index contributed by atoms with van der Waals surface area (Å²) in [6.45, 7) is 2.04. The first kappa shape index (κ1) is 11.7. The fraction of sp³-hybridized carbons (Fsp3) is 0.400. The first-order valence-electron chi connectivity index (χ1n) is 4.68. The highest BCUT2D eigenvalue weighted by Gasteiger charge is 2.14. The zero-order valence-corrected chi connectivity index (χ0v) is 9.63. The maximum absolute atomic E-state index is 11.5. The second-order valence-corrected chi connectivity index (χ2v) is 3.86. The lowest BCUT2D eigenvalue weighted by Crippen LogP contribution is -2.04. The van der Waals surface area contributed by atoms with E-state index >= 15 is 0 Å². The van der Waals surface area contributed by atoms with E-state index in [0.29, 0.717) is 16.4 Å². The van der Waals surface area contributed by atoms with Crippen molar-refractivity contribution in [2.45, 2.75) is 19.8 Å². The number of nitrogens with two attached hydrogens (primary N) is 1. The molecule has 82 valence electrons. The quantitative estimate of drug-likeness (QED) is 0.630. The van der Waals surface area contributed by atoms with Crippen LogP contribution in [0.1, 0.15) is 25.5 Å².